The van der Waals surface area contributed by atoms with Crippen LogP contribution in [0.2, 0.25) is 0 Å². The van der Waals surface area contributed by atoms with Crippen LogP contribution in [-0.2, 0) is 11.2 Å². The van der Waals surface area contributed by atoms with Crippen molar-refractivity contribution in [2.45, 2.75) is 26.3 Å². The normalized spacial score (nSPS) is 11.2. The lowest BCUT2D eigenvalue weighted by atomic mass is 10.1. The number of hydrogen-bond donors (Lipinski definition) is 1. The number of rotatable bonds is 7. The molecule has 0 aliphatic carbocycles. The average Bonchev–Trinajstić information content (AvgIpc) is 2.29. The Morgan fingerprint density at radius 3 is 2.39 bits per heavy atom. The SMILES string of the molecule is CC(C)NCCOCCc1cc(F)c(F)cc1F. The van der Waals surface area contributed by atoms with E-state index in [2.05, 4.69) is 5.32 Å². The van der Waals surface area contributed by atoms with Crippen LogP contribution in [0.15, 0.2) is 12.1 Å². The second kappa shape index (κ2) is 7.38. The molecule has 1 aromatic carbocycles. The molecule has 0 spiro atoms. The predicted molar refractivity (Wildman–Crippen MR) is 64.0 cm³/mol. The predicted octanol–water partition coefficient (Wildman–Crippen LogP) is 2.66. The van der Waals surface area contributed by atoms with Crippen molar-refractivity contribution in [2.24, 2.45) is 0 Å². The van der Waals surface area contributed by atoms with Gasteiger partial charge in [0.1, 0.15) is 5.82 Å². The van der Waals surface area contributed by atoms with Gasteiger partial charge in [0.15, 0.2) is 11.6 Å². The first-order chi connectivity index (χ1) is 8.50. The maximum atomic E-state index is 13.2. The van der Waals surface area contributed by atoms with E-state index in [0.717, 1.165) is 6.07 Å². The van der Waals surface area contributed by atoms with Crippen molar-refractivity contribution in [1.29, 1.82) is 0 Å². The third-order valence-electron chi connectivity index (χ3n) is 2.40. The zero-order chi connectivity index (χ0) is 13.5. The molecule has 1 rings (SSSR count). The summed E-state index contributed by atoms with van der Waals surface area (Å²) < 4.78 is 44.1. The van der Waals surface area contributed by atoms with Crippen LogP contribution in [-0.4, -0.2) is 25.8 Å². The minimum Gasteiger partial charge on any atom is -0.380 e. The fourth-order valence-electron chi connectivity index (χ4n) is 1.46. The molecule has 1 aromatic rings. The number of halogens is 3. The molecule has 0 saturated carbocycles. The van der Waals surface area contributed by atoms with Gasteiger partial charge in [-0.3, -0.25) is 0 Å². The molecule has 0 aliphatic rings. The maximum absolute atomic E-state index is 13.2. The molecule has 0 bridgehead atoms. The number of benzene rings is 1. The Labute approximate surface area is 105 Å². The van der Waals surface area contributed by atoms with E-state index in [1.807, 2.05) is 13.8 Å². The van der Waals surface area contributed by atoms with Gasteiger partial charge < -0.3 is 10.1 Å². The molecule has 0 amide bonds. The molecule has 18 heavy (non-hydrogen) atoms. The summed E-state index contributed by atoms with van der Waals surface area (Å²) in [6.45, 7) is 5.54. The third-order valence-corrected chi connectivity index (χ3v) is 2.40. The molecule has 0 heterocycles. The fourth-order valence-corrected chi connectivity index (χ4v) is 1.46. The quantitative estimate of drug-likeness (QED) is 0.602. The maximum Gasteiger partial charge on any atom is 0.161 e. The lowest BCUT2D eigenvalue weighted by Gasteiger charge is -2.09. The second-order valence-electron chi connectivity index (χ2n) is 4.33. The highest BCUT2D eigenvalue weighted by Gasteiger charge is 2.09. The Morgan fingerprint density at radius 2 is 1.72 bits per heavy atom. The van der Waals surface area contributed by atoms with Crippen LogP contribution < -0.4 is 5.32 Å². The number of nitrogens with one attached hydrogen (secondary N) is 1. The molecule has 2 nitrogen and oxygen atoms in total. The smallest absolute Gasteiger partial charge is 0.161 e. The van der Waals surface area contributed by atoms with Gasteiger partial charge in [-0.1, -0.05) is 13.8 Å². The van der Waals surface area contributed by atoms with Crippen molar-refractivity contribution in [2.75, 3.05) is 19.8 Å². The zero-order valence-electron chi connectivity index (χ0n) is 10.6. The molecular weight excluding hydrogens is 243 g/mol. The van der Waals surface area contributed by atoms with Crippen LogP contribution in [0.1, 0.15) is 19.4 Å². The van der Waals surface area contributed by atoms with Gasteiger partial charge in [-0.05, 0) is 18.1 Å². The Balaban J connectivity index is 2.29. The van der Waals surface area contributed by atoms with Crippen molar-refractivity contribution in [3.8, 4) is 0 Å². The number of ether oxygens (including phenoxy) is 1. The second-order valence-corrected chi connectivity index (χ2v) is 4.33. The summed E-state index contributed by atoms with van der Waals surface area (Å²) in [6, 6.07) is 1.82. The zero-order valence-corrected chi connectivity index (χ0v) is 10.6. The minimum absolute atomic E-state index is 0.130. The van der Waals surface area contributed by atoms with Crippen LogP contribution in [0.5, 0.6) is 0 Å². The molecule has 5 heteroatoms. The standard InChI is InChI=1S/C13H18F3NO/c1-9(2)17-4-6-18-5-3-10-7-12(15)13(16)8-11(10)14/h7-9,17H,3-6H2,1-2H3. The first kappa shape index (κ1) is 15.0. The van der Waals surface area contributed by atoms with Gasteiger partial charge in [0.25, 0.3) is 0 Å². The van der Waals surface area contributed by atoms with Gasteiger partial charge in [-0.25, -0.2) is 13.2 Å². The van der Waals surface area contributed by atoms with Gasteiger partial charge in [0.2, 0.25) is 0 Å². The molecule has 0 saturated heterocycles. The Bertz CT molecular complexity index is 383. The Hall–Kier alpha value is -1.07. The first-order valence-electron chi connectivity index (χ1n) is 5.95. The minimum atomic E-state index is -1.17. The monoisotopic (exact) mass is 261 g/mol. The van der Waals surface area contributed by atoms with Crippen LogP contribution in [0.3, 0.4) is 0 Å². The largest absolute Gasteiger partial charge is 0.380 e. The highest BCUT2D eigenvalue weighted by molar-refractivity contribution is 5.20. The van der Waals surface area contributed by atoms with Crippen molar-refractivity contribution in [3.05, 3.63) is 35.1 Å². The lowest BCUT2D eigenvalue weighted by molar-refractivity contribution is 0.137. The van der Waals surface area contributed by atoms with Crippen LogP contribution in [0, 0.1) is 17.5 Å². The molecule has 0 aromatic heterocycles. The van der Waals surface area contributed by atoms with Crippen molar-refractivity contribution >= 4 is 0 Å². The fraction of sp³-hybridized carbons (Fsp3) is 0.538. The van der Waals surface area contributed by atoms with Gasteiger partial charge in [0, 0.05) is 18.7 Å². The Morgan fingerprint density at radius 1 is 1.06 bits per heavy atom. The lowest BCUT2D eigenvalue weighted by Crippen LogP contribution is -2.26. The highest BCUT2D eigenvalue weighted by Crippen LogP contribution is 2.14. The van der Waals surface area contributed by atoms with E-state index in [0.29, 0.717) is 25.3 Å². The van der Waals surface area contributed by atoms with Crippen LogP contribution in [0.4, 0.5) is 13.2 Å². The van der Waals surface area contributed by atoms with E-state index in [9.17, 15) is 13.2 Å². The average molecular weight is 261 g/mol. The summed E-state index contributed by atoms with van der Waals surface area (Å²) in [5.41, 5.74) is 0.130. The summed E-state index contributed by atoms with van der Waals surface area (Å²) in [4.78, 5) is 0. The van der Waals surface area contributed by atoms with E-state index in [-0.39, 0.29) is 18.6 Å². The summed E-state index contributed by atoms with van der Waals surface area (Å²) in [7, 11) is 0. The van der Waals surface area contributed by atoms with Crippen molar-refractivity contribution in [3.63, 3.8) is 0 Å². The molecule has 102 valence electrons. The molecular formula is C13H18F3NO. The van der Waals surface area contributed by atoms with Gasteiger partial charge in [-0.15, -0.1) is 0 Å². The van der Waals surface area contributed by atoms with E-state index in [4.69, 9.17) is 4.74 Å². The van der Waals surface area contributed by atoms with E-state index < -0.39 is 17.5 Å². The molecule has 0 atom stereocenters. The summed E-state index contributed by atoms with van der Waals surface area (Å²) >= 11 is 0. The third kappa shape index (κ3) is 5.06. The Kier molecular flexibility index (Phi) is 6.15. The van der Waals surface area contributed by atoms with Crippen LogP contribution >= 0.6 is 0 Å². The summed E-state index contributed by atoms with van der Waals surface area (Å²) in [5.74, 6) is -2.94. The molecule has 0 unspecified atom stereocenters. The molecule has 0 radical (unpaired) electrons. The van der Waals surface area contributed by atoms with Crippen LogP contribution in [0.25, 0.3) is 0 Å². The van der Waals surface area contributed by atoms with E-state index in [1.54, 1.807) is 0 Å². The topological polar surface area (TPSA) is 21.3 Å². The van der Waals surface area contributed by atoms with E-state index in [1.165, 1.54) is 0 Å². The van der Waals surface area contributed by atoms with Gasteiger partial charge in [0.05, 0.1) is 13.2 Å². The molecule has 1 N–H and O–H groups in total. The van der Waals surface area contributed by atoms with Crippen molar-refractivity contribution in [1.82, 2.24) is 5.32 Å². The summed E-state index contributed by atoms with van der Waals surface area (Å²) in [6.07, 6.45) is 0.227. The first-order valence-corrected chi connectivity index (χ1v) is 5.95. The van der Waals surface area contributed by atoms with Gasteiger partial charge >= 0.3 is 0 Å². The molecule has 0 aliphatic heterocycles. The number of hydrogen-bond acceptors (Lipinski definition) is 2. The van der Waals surface area contributed by atoms with E-state index >= 15 is 0 Å². The van der Waals surface area contributed by atoms with Crippen molar-refractivity contribution < 1.29 is 17.9 Å². The highest BCUT2D eigenvalue weighted by atomic mass is 19.2. The van der Waals surface area contributed by atoms with Gasteiger partial charge in [-0.2, -0.15) is 0 Å². The summed E-state index contributed by atoms with van der Waals surface area (Å²) in [5, 5.41) is 3.16. The molecule has 0 fully saturated rings.